The quantitative estimate of drug-likeness (QED) is 0.272. The molecule has 5 rings (SSSR count). The largest absolute Gasteiger partial charge is 0.453 e. The third-order valence-electron chi connectivity index (χ3n) is 8.59. The lowest BCUT2D eigenvalue weighted by Crippen LogP contribution is -2.42. The predicted octanol–water partition coefficient (Wildman–Crippen LogP) is 5.07. The van der Waals surface area contributed by atoms with Gasteiger partial charge in [0, 0.05) is 45.1 Å². The van der Waals surface area contributed by atoms with Crippen LogP contribution in [0.4, 0.5) is 0 Å². The van der Waals surface area contributed by atoms with Crippen LogP contribution in [0.15, 0.2) is 72.8 Å². The lowest BCUT2D eigenvalue weighted by atomic mass is 9.97. The van der Waals surface area contributed by atoms with Crippen molar-refractivity contribution >= 4 is 11.9 Å². The number of likely N-dealkylation sites (tertiary alicyclic amines) is 1. The highest BCUT2D eigenvalue weighted by Crippen LogP contribution is 2.39. The third-order valence-corrected chi connectivity index (χ3v) is 8.59. The molecule has 2 heterocycles. The number of carbonyl (C=O) groups excluding carboxylic acids is 2. The molecule has 9 nitrogen and oxygen atoms in total. The molecular formula is C36H44N2O7. The number of rotatable bonds is 12. The molecule has 3 aromatic carbocycles. The Bertz CT molecular complexity index is 1410. The predicted molar refractivity (Wildman–Crippen MR) is 170 cm³/mol. The number of aliphatic hydroxyl groups is 1. The Morgan fingerprint density at radius 2 is 1.76 bits per heavy atom. The molecule has 240 valence electrons. The average molecular weight is 617 g/mol. The van der Waals surface area contributed by atoms with Gasteiger partial charge in [0.2, 0.25) is 0 Å². The molecule has 2 aliphatic heterocycles. The number of benzene rings is 3. The van der Waals surface area contributed by atoms with E-state index in [1.54, 1.807) is 14.0 Å². The second kappa shape index (κ2) is 15.6. The van der Waals surface area contributed by atoms with Gasteiger partial charge in [-0.25, -0.2) is 0 Å². The van der Waals surface area contributed by atoms with Gasteiger partial charge in [-0.15, -0.1) is 0 Å². The van der Waals surface area contributed by atoms with E-state index in [2.05, 4.69) is 10.2 Å². The van der Waals surface area contributed by atoms with Crippen LogP contribution in [-0.2, 0) is 41.7 Å². The number of hydrogen-bond acceptors (Lipinski definition) is 8. The van der Waals surface area contributed by atoms with Crippen LogP contribution >= 0.6 is 0 Å². The molecule has 5 unspecified atom stereocenters. The van der Waals surface area contributed by atoms with Crippen LogP contribution in [-0.4, -0.2) is 66.9 Å². The molecule has 2 N–H and O–H groups in total. The Morgan fingerprint density at radius 1 is 1.02 bits per heavy atom. The fourth-order valence-corrected chi connectivity index (χ4v) is 6.22. The number of methoxy groups -OCH3 is 1. The summed E-state index contributed by atoms with van der Waals surface area (Å²) >= 11 is 0. The van der Waals surface area contributed by atoms with Gasteiger partial charge in [-0.1, -0.05) is 72.8 Å². The number of esters is 1. The maximum absolute atomic E-state index is 12.4. The van der Waals surface area contributed by atoms with Crippen molar-refractivity contribution in [2.75, 3.05) is 26.8 Å². The number of carbonyl (C=O) groups is 2. The summed E-state index contributed by atoms with van der Waals surface area (Å²) in [6.07, 6.45) is 1.44. The van der Waals surface area contributed by atoms with Crippen LogP contribution in [0.5, 0.6) is 0 Å². The van der Waals surface area contributed by atoms with Crippen molar-refractivity contribution in [1.29, 1.82) is 0 Å². The number of ether oxygens (including phenoxy) is 4. The van der Waals surface area contributed by atoms with Crippen LogP contribution in [0.25, 0.3) is 11.1 Å². The van der Waals surface area contributed by atoms with E-state index in [-0.39, 0.29) is 24.7 Å². The maximum Gasteiger partial charge on any atom is 0.303 e. The zero-order chi connectivity index (χ0) is 31.8. The minimum Gasteiger partial charge on any atom is -0.453 e. The van der Waals surface area contributed by atoms with Gasteiger partial charge in [0.15, 0.2) is 12.4 Å². The van der Waals surface area contributed by atoms with E-state index in [1.807, 2.05) is 72.8 Å². The molecule has 0 radical (unpaired) electrons. The summed E-state index contributed by atoms with van der Waals surface area (Å²) in [6.45, 7) is 5.71. The SMILES string of the molecule is COCC1CCCN1CC1CC(c2ccc(CO)cc2)OC(c2ccc(-c3ccccc3CNC(=O)C(C)OC(C)=O)cc2)O1. The van der Waals surface area contributed by atoms with Crippen LogP contribution in [0.2, 0.25) is 0 Å². The van der Waals surface area contributed by atoms with Crippen molar-refractivity contribution in [1.82, 2.24) is 10.2 Å². The van der Waals surface area contributed by atoms with Crippen LogP contribution in [0, 0.1) is 0 Å². The molecule has 2 aliphatic rings. The summed E-state index contributed by atoms with van der Waals surface area (Å²) in [4.78, 5) is 26.1. The standard InChI is InChI=1S/C36H44N2O7/c1-24(43-25(2)40)35(41)37-20-30-7-4-5-9-33(30)27-14-16-29(17-15-27)36-44-32(21-38-18-6-8-31(38)23-42-3)19-34(45-36)28-12-10-26(22-39)11-13-28/h4-5,7,9-17,24,31-32,34,36,39H,6,8,18-23H2,1-3H3,(H,37,41). The number of nitrogens with one attached hydrogen (secondary N) is 1. The highest BCUT2D eigenvalue weighted by Gasteiger charge is 2.35. The van der Waals surface area contributed by atoms with E-state index >= 15 is 0 Å². The minimum atomic E-state index is -0.860. The minimum absolute atomic E-state index is 0.00522. The lowest BCUT2D eigenvalue weighted by molar-refractivity contribution is -0.253. The normalized spacial score (nSPS) is 22.6. The first-order valence-electron chi connectivity index (χ1n) is 15.7. The topological polar surface area (TPSA) is 107 Å². The van der Waals surface area contributed by atoms with Crippen molar-refractivity contribution in [2.24, 2.45) is 0 Å². The van der Waals surface area contributed by atoms with Crippen LogP contribution < -0.4 is 5.32 Å². The zero-order valence-corrected chi connectivity index (χ0v) is 26.3. The average Bonchev–Trinajstić information content (AvgIpc) is 3.49. The molecule has 2 fully saturated rings. The number of nitrogens with zero attached hydrogens (tertiary/aromatic N) is 1. The second-order valence-electron chi connectivity index (χ2n) is 11.8. The number of hydrogen-bond donors (Lipinski definition) is 2. The van der Waals surface area contributed by atoms with Gasteiger partial charge in [-0.05, 0) is 54.1 Å². The van der Waals surface area contributed by atoms with Gasteiger partial charge in [0.25, 0.3) is 5.91 Å². The molecular weight excluding hydrogens is 572 g/mol. The van der Waals surface area contributed by atoms with E-state index in [0.29, 0.717) is 12.6 Å². The van der Waals surface area contributed by atoms with Gasteiger partial charge in [0.05, 0.1) is 25.4 Å². The van der Waals surface area contributed by atoms with Crippen molar-refractivity contribution in [3.8, 4) is 11.1 Å². The highest BCUT2D eigenvalue weighted by atomic mass is 16.7. The zero-order valence-electron chi connectivity index (χ0n) is 26.3. The third kappa shape index (κ3) is 8.56. The first kappa shape index (κ1) is 32.8. The van der Waals surface area contributed by atoms with Gasteiger partial charge in [-0.2, -0.15) is 0 Å². The second-order valence-corrected chi connectivity index (χ2v) is 11.8. The summed E-state index contributed by atoms with van der Waals surface area (Å²) in [5.74, 6) is -0.841. The Morgan fingerprint density at radius 3 is 2.47 bits per heavy atom. The lowest BCUT2D eigenvalue weighted by Gasteiger charge is -2.38. The van der Waals surface area contributed by atoms with Crippen molar-refractivity contribution in [3.63, 3.8) is 0 Å². The fourth-order valence-electron chi connectivity index (χ4n) is 6.22. The number of aliphatic hydroxyl groups excluding tert-OH is 1. The van der Waals surface area contributed by atoms with Crippen molar-refractivity contribution < 1.29 is 33.6 Å². The Hall–Kier alpha value is -3.60. The summed E-state index contributed by atoms with van der Waals surface area (Å²) in [5.41, 5.74) is 5.80. The summed E-state index contributed by atoms with van der Waals surface area (Å²) in [7, 11) is 1.76. The van der Waals surface area contributed by atoms with E-state index in [0.717, 1.165) is 72.3 Å². The summed E-state index contributed by atoms with van der Waals surface area (Å²) in [6, 6.07) is 24.4. The van der Waals surface area contributed by atoms with Gasteiger partial charge < -0.3 is 29.4 Å². The summed E-state index contributed by atoms with van der Waals surface area (Å²) < 4.78 is 23.7. The maximum atomic E-state index is 12.4. The number of amides is 1. The van der Waals surface area contributed by atoms with Crippen LogP contribution in [0.3, 0.4) is 0 Å². The molecule has 0 aromatic heterocycles. The van der Waals surface area contributed by atoms with E-state index < -0.39 is 18.4 Å². The Labute approximate surface area is 265 Å². The molecule has 2 saturated heterocycles. The van der Waals surface area contributed by atoms with Gasteiger partial charge in [0.1, 0.15) is 0 Å². The molecule has 9 heteroatoms. The van der Waals surface area contributed by atoms with E-state index in [4.69, 9.17) is 18.9 Å². The molecule has 5 atom stereocenters. The molecule has 3 aromatic rings. The van der Waals surface area contributed by atoms with Gasteiger partial charge in [-0.3, -0.25) is 14.5 Å². The molecule has 45 heavy (non-hydrogen) atoms. The van der Waals surface area contributed by atoms with Crippen LogP contribution in [0.1, 0.15) is 67.8 Å². The first-order valence-corrected chi connectivity index (χ1v) is 15.7. The van der Waals surface area contributed by atoms with E-state index in [1.165, 1.54) is 6.92 Å². The van der Waals surface area contributed by atoms with Crippen molar-refractivity contribution in [2.45, 2.75) is 76.9 Å². The summed E-state index contributed by atoms with van der Waals surface area (Å²) in [5, 5.41) is 12.4. The molecule has 0 aliphatic carbocycles. The fraction of sp³-hybridized carbons (Fsp3) is 0.444. The Kier molecular flexibility index (Phi) is 11.4. The smallest absolute Gasteiger partial charge is 0.303 e. The van der Waals surface area contributed by atoms with Gasteiger partial charge >= 0.3 is 5.97 Å². The van der Waals surface area contributed by atoms with E-state index in [9.17, 15) is 14.7 Å². The first-order chi connectivity index (χ1) is 21.8. The molecule has 0 saturated carbocycles. The molecule has 1 amide bonds. The monoisotopic (exact) mass is 616 g/mol. The van der Waals surface area contributed by atoms with Crippen molar-refractivity contribution in [3.05, 3.63) is 95.1 Å². The Balaban J connectivity index is 1.32. The molecule has 0 bridgehead atoms. The molecule has 0 spiro atoms. The highest BCUT2D eigenvalue weighted by molar-refractivity contribution is 5.83.